The van der Waals surface area contributed by atoms with Crippen molar-refractivity contribution >= 4 is 34.2 Å². The van der Waals surface area contributed by atoms with E-state index in [1.807, 2.05) is 0 Å². The van der Waals surface area contributed by atoms with Crippen LogP contribution in [0.15, 0.2) is 15.8 Å². The molecule has 0 radical (unpaired) electrons. The number of aromatic nitrogens is 2. The number of aliphatic hydroxyl groups is 2. The summed E-state index contributed by atoms with van der Waals surface area (Å²) in [5, 5.41) is 21.4. The van der Waals surface area contributed by atoms with Crippen LogP contribution in [0.3, 0.4) is 0 Å². The Bertz CT molecular complexity index is 1220. The van der Waals surface area contributed by atoms with Crippen molar-refractivity contribution in [1.29, 1.82) is 0 Å². The smallest absolute Gasteiger partial charge is 0.331 e. The van der Waals surface area contributed by atoms with Crippen molar-refractivity contribution in [2.45, 2.75) is 212 Å². The summed E-state index contributed by atoms with van der Waals surface area (Å²) in [6.07, 6.45) is 28.9. The van der Waals surface area contributed by atoms with Gasteiger partial charge in [-0.1, -0.05) is 168 Å². The Balaban J connectivity index is 1.96. The zero-order valence-corrected chi connectivity index (χ0v) is 34.2. The number of rotatable bonds is 32. The first-order chi connectivity index (χ1) is 24.7. The van der Waals surface area contributed by atoms with Crippen molar-refractivity contribution in [2.24, 2.45) is 5.92 Å². The molecule has 0 bridgehead atoms. The number of aromatic amines is 1. The lowest BCUT2D eigenvalue weighted by Crippen LogP contribution is -2.56. The molecule has 1 saturated heterocycles. The van der Waals surface area contributed by atoms with E-state index in [0.717, 1.165) is 43.1 Å². The Hall–Kier alpha value is -1.37. The molecular weight excluding hydrogens is 759 g/mol. The Labute approximate surface area is 321 Å². The van der Waals surface area contributed by atoms with Crippen LogP contribution in [0.1, 0.15) is 194 Å². The summed E-state index contributed by atoms with van der Waals surface area (Å²) in [7, 11) is 0. The molecule has 0 amide bonds. The highest BCUT2D eigenvalue weighted by atomic mass is 127. The third kappa shape index (κ3) is 15.9. The third-order valence-corrected chi connectivity index (χ3v) is 11.5. The molecule has 2 rings (SSSR count). The predicted octanol–water partition coefficient (Wildman–Crippen LogP) is 9.26. The van der Waals surface area contributed by atoms with Gasteiger partial charge in [-0.25, -0.2) is 4.79 Å². The maximum absolute atomic E-state index is 14.2. The second kappa shape index (κ2) is 27.2. The van der Waals surface area contributed by atoms with E-state index in [0.29, 0.717) is 12.8 Å². The van der Waals surface area contributed by atoms with Gasteiger partial charge in [0.1, 0.15) is 17.8 Å². The number of unbranched alkanes of at least 4 members (excludes halogenated alkanes) is 24. The van der Waals surface area contributed by atoms with Crippen molar-refractivity contribution < 1.29 is 24.5 Å². The maximum atomic E-state index is 14.2. The van der Waals surface area contributed by atoms with Gasteiger partial charge in [0, 0.05) is 19.0 Å². The fourth-order valence-corrected chi connectivity index (χ4v) is 8.02. The minimum absolute atomic E-state index is 0.0489. The van der Waals surface area contributed by atoms with Gasteiger partial charge in [0.2, 0.25) is 5.72 Å². The van der Waals surface area contributed by atoms with Gasteiger partial charge in [0.05, 0.1) is 16.3 Å². The average Bonchev–Trinajstić information content (AvgIpc) is 3.42. The number of ether oxygens (including phenoxy) is 1. The van der Waals surface area contributed by atoms with Crippen molar-refractivity contribution in [3.63, 3.8) is 0 Å². The van der Waals surface area contributed by atoms with E-state index in [1.54, 1.807) is 22.6 Å². The SMILES string of the molecule is CCCCCCCCCCCCCCCC(=O)C1[C@H](O)[C@@H](CO)O[C@@]1(C(=O)CCCCCCCCCCCCCCC)n1cc(I)c(=O)[nH]c1=O. The number of carbonyl (C=O) groups is 2. The van der Waals surface area contributed by atoms with E-state index < -0.39 is 47.5 Å². The Morgan fingerprint density at radius 2 is 1.10 bits per heavy atom. The molecule has 1 aliphatic heterocycles. The first-order valence-corrected chi connectivity index (χ1v) is 21.9. The molecule has 294 valence electrons. The molecule has 0 aromatic carbocycles. The highest BCUT2D eigenvalue weighted by Crippen LogP contribution is 2.43. The summed E-state index contributed by atoms with van der Waals surface area (Å²) in [5.74, 6) is -2.23. The zero-order chi connectivity index (χ0) is 37.3. The van der Waals surface area contributed by atoms with Gasteiger partial charge in [-0.15, -0.1) is 0 Å². The number of aliphatic hydroxyl groups excluding tert-OH is 2. The monoisotopic (exact) mass is 830 g/mol. The Morgan fingerprint density at radius 3 is 1.51 bits per heavy atom. The number of nitrogens with one attached hydrogen (secondary N) is 1. The molecular formula is C41H71IN2O7. The molecule has 1 aliphatic rings. The Kier molecular flexibility index (Phi) is 24.5. The molecule has 51 heavy (non-hydrogen) atoms. The number of hydrogen-bond acceptors (Lipinski definition) is 7. The second-order valence-corrected chi connectivity index (χ2v) is 16.1. The van der Waals surface area contributed by atoms with Gasteiger partial charge in [0.25, 0.3) is 5.56 Å². The van der Waals surface area contributed by atoms with Crippen molar-refractivity contribution in [3.8, 4) is 0 Å². The lowest BCUT2D eigenvalue weighted by molar-refractivity contribution is -0.172. The van der Waals surface area contributed by atoms with Gasteiger partial charge in [-0.3, -0.25) is 23.9 Å². The molecule has 0 spiro atoms. The summed E-state index contributed by atoms with van der Waals surface area (Å²) in [6.45, 7) is 3.86. The zero-order valence-electron chi connectivity index (χ0n) is 32.1. The van der Waals surface area contributed by atoms with Gasteiger partial charge in [0.15, 0.2) is 5.78 Å². The fourth-order valence-electron chi connectivity index (χ4n) is 7.60. The minimum atomic E-state index is -2.14. The van der Waals surface area contributed by atoms with E-state index >= 15 is 0 Å². The molecule has 4 atom stereocenters. The average molecular weight is 831 g/mol. The molecule has 10 heteroatoms. The van der Waals surface area contributed by atoms with Crippen LogP contribution in [0.25, 0.3) is 0 Å². The number of halogens is 1. The largest absolute Gasteiger partial charge is 0.394 e. The predicted molar refractivity (Wildman–Crippen MR) is 214 cm³/mol. The molecule has 1 fully saturated rings. The standard InChI is InChI=1S/C41H71IN2O7/c1-3-5-7-9-11-13-15-17-19-21-23-25-27-29-34(46)37-38(48)35(32-45)51-41(37,44-31-33(42)39(49)43-40(44)50)36(47)30-28-26-24-22-20-18-16-14-12-10-8-6-4-2/h31,35,37-38,45,48H,3-30,32H2,1-2H3,(H,43,49,50)/t35-,37?,38-,41-/m1/s1. The number of H-pyrrole nitrogens is 1. The van der Waals surface area contributed by atoms with E-state index in [-0.39, 0.29) is 22.2 Å². The van der Waals surface area contributed by atoms with Crippen LogP contribution in [-0.4, -0.2) is 50.1 Å². The molecule has 9 nitrogen and oxygen atoms in total. The van der Waals surface area contributed by atoms with E-state index in [4.69, 9.17) is 4.74 Å². The summed E-state index contributed by atoms with van der Waals surface area (Å²) < 4.78 is 7.26. The number of ketones is 2. The number of Topliss-reactive ketones (excluding diaryl/α,β-unsaturated/α-hetero) is 2. The van der Waals surface area contributed by atoms with Crippen LogP contribution in [0.4, 0.5) is 0 Å². The normalized spacial score (nSPS) is 20.3. The van der Waals surface area contributed by atoms with Crippen molar-refractivity contribution in [3.05, 3.63) is 30.6 Å². The molecule has 2 heterocycles. The third-order valence-electron chi connectivity index (χ3n) is 10.7. The lowest BCUT2D eigenvalue weighted by atomic mass is 9.81. The molecule has 0 aliphatic carbocycles. The van der Waals surface area contributed by atoms with Gasteiger partial charge in [-0.05, 0) is 35.4 Å². The van der Waals surface area contributed by atoms with Crippen LogP contribution < -0.4 is 11.2 Å². The van der Waals surface area contributed by atoms with Crippen LogP contribution in [-0.2, 0) is 20.1 Å². The molecule has 1 aromatic rings. The molecule has 1 unspecified atom stereocenters. The molecule has 0 saturated carbocycles. The van der Waals surface area contributed by atoms with E-state index in [2.05, 4.69) is 18.8 Å². The van der Waals surface area contributed by atoms with Crippen LogP contribution >= 0.6 is 22.6 Å². The van der Waals surface area contributed by atoms with Gasteiger partial charge in [-0.2, -0.15) is 0 Å². The summed E-state index contributed by atoms with van der Waals surface area (Å²) >= 11 is 1.78. The van der Waals surface area contributed by atoms with Gasteiger partial charge >= 0.3 is 5.69 Å². The molecule has 1 aromatic heterocycles. The van der Waals surface area contributed by atoms with Crippen LogP contribution in [0.2, 0.25) is 0 Å². The quantitative estimate of drug-likeness (QED) is 0.0486. The van der Waals surface area contributed by atoms with Gasteiger partial charge < -0.3 is 14.9 Å². The lowest BCUT2D eigenvalue weighted by Gasteiger charge is -2.34. The van der Waals surface area contributed by atoms with E-state index in [9.17, 15) is 29.4 Å². The summed E-state index contributed by atoms with van der Waals surface area (Å²) in [4.78, 5) is 55.9. The molecule has 3 N–H and O–H groups in total. The second-order valence-electron chi connectivity index (χ2n) is 15.0. The van der Waals surface area contributed by atoms with Crippen molar-refractivity contribution in [1.82, 2.24) is 9.55 Å². The number of carbonyl (C=O) groups excluding carboxylic acids is 2. The maximum Gasteiger partial charge on any atom is 0.331 e. The topological polar surface area (TPSA) is 139 Å². The fraction of sp³-hybridized carbons (Fsp3) is 0.854. The number of nitrogens with zero attached hydrogens (tertiary/aromatic N) is 1. The van der Waals surface area contributed by atoms with Crippen molar-refractivity contribution in [2.75, 3.05) is 6.61 Å². The Morgan fingerprint density at radius 1 is 0.706 bits per heavy atom. The highest BCUT2D eigenvalue weighted by molar-refractivity contribution is 14.1. The summed E-state index contributed by atoms with van der Waals surface area (Å²) in [6, 6.07) is 0. The first-order valence-electron chi connectivity index (χ1n) is 20.8. The van der Waals surface area contributed by atoms with Crippen LogP contribution in [0, 0.1) is 9.49 Å². The highest BCUT2D eigenvalue weighted by Gasteiger charge is 2.62. The van der Waals surface area contributed by atoms with Crippen LogP contribution in [0.5, 0.6) is 0 Å². The number of hydrogen-bond donors (Lipinski definition) is 3. The first kappa shape index (κ1) is 45.8. The minimum Gasteiger partial charge on any atom is -0.394 e. The van der Waals surface area contributed by atoms with E-state index in [1.165, 1.54) is 122 Å². The summed E-state index contributed by atoms with van der Waals surface area (Å²) in [5.41, 5.74) is -3.63.